The number of hydrogen-bond acceptors (Lipinski definition) is 5. The second kappa shape index (κ2) is 10.0. The van der Waals surface area contributed by atoms with Crippen LogP contribution in [0.5, 0.6) is 5.75 Å². The Morgan fingerprint density at radius 1 is 0.958 bits per heavy atom. The van der Waals surface area contributed by atoms with Gasteiger partial charge >= 0.3 is 11.9 Å². The zero-order valence-electron chi connectivity index (χ0n) is 13.3. The molecule has 0 saturated carbocycles. The van der Waals surface area contributed by atoms with Crippen LogP contribution in [0.1, 0.15) is 33.2 Å². The van der Waals surface area contributed by atoms with Crippen LogP contribution in [0.2, 0.25) is 0 Å². The number of hydrogen-bond donors (Lipinski definition) is 3. The van der Waals surface area contributed by atoms with Crippen molar-refractivity contribution in [2.24, 2.45) is 0 Å². The van der Waals surface area contributed by atoms with Gasteiger partial charge in [-0.1, -0.05) is 12.1 Å². The summed E-state index contributed by atoms with van der Waals surface area (Å²) in [4.78, 5) is 21.5. The van der Waals surface area contributed by atoms with Gasteiger partial charge in [0.15, 0.2) is 0 Å². The molecule has 128 valence electrons. The Morgan fingerprint density at radius 3 is 1.96 bits per heavy atom. The molecule has 0 aliphatic carbocycles. The average Bonchev–Trinajstić information content (AvgIpc) is 2.57. The first kappa shape index (κ1) is 19.2. The average molecular weight is 332 g/mol. The number of ether oxygens (including phenoxy) is 1. The summed E-state index contributed by atoms with van der Waals surface area (Å²) in [6.07, 6.45) is 0.569. The predicted octanol–water partition coefficient (Wildman–Crippen LogP) is 2.49. The molecule has 6 nitrogen and oxygen atoms in total. The van der Waals surface area contributed by atoms with Gasteiger partial charge in [-0.25, -0.2) is 9.59 Å². The molecule has 0 heterocycles. The zero-order chi connectivity index (χ0) is 17.9. The third-order valence-corrected chi connectivity index (χ3v) is 2.98. The summed E-state index contributed by atoms with van der Waals surface area (Å²) >= 11 is 0. The van der Waals surface area contributed by atoms with Crippen molar-refractivity contribution in [2.45, 2.75) is 13.3 Å². The Kier molecular flexibility index (Phi) is 8.01. The van der Waals surface area contributed by atoms with E-state index < -0.39 is 5.97 Å². The van der Waals surface area contributed by atoms with E-state index in [1.165, 1.54) is 36.4 Å². The number of phenolic OH excluding ortho intramolecular Hbond substituents is 1. The van der Waals surface area contributed by atoms with Gasteiger partial charge in [-0.3, -0.25) is 0 Å². The van der Waals surface area contributed by atoms with Gasteiger partial charge in [0.05, 0.1) is 17.7 Å². The van der Waals surface area contributed by atoms with Crippen molar-refractivity contribution < 1.29 is 29.6 Å². The molecule has 0 bridgehead atoms. The number of rotatable bonds is 5. The number of carbonyl (C=O) groups excluding carboxylic acids is 1. The minimum atomic E-state index is -0.925. The normalized spacial score (nSPS) is 9.58. The van der Waals surface area contributed by atoms with Gasteiger partial charge in [0.2, 0.25) is 0 Å². The molecule has 2 aromatic rings. The van der Waals surface area contributed by atoms with Crippen LogP contribution in [0.3, 0.4) is 0 Å². The Bertz CT molecular complexity index is 646. The molecule has 0 aliphatic heterocycles. The maximum atomic E-state index is 11.1. The van der Waals surface area contributed by atoms with E-state index in [9.17, 15) is 9.59 Å². The number of aromatic carboxylic acids is 1. The molecule has 0 aliphatic rings. The van der Waals surface area contributed by atoms with E-state index in [4.69, 9.17) is 20.1 Å². The van der Waals surface area contributed by atoms with Crippen LogP contribution in [-0.2, 0) is 11.2 Å². The molecule has 3 N–H and O–H groups in total. The third kappa shape index (κ3) is 6.50. The summed E-state index contributed by atoms with van der Waals surface area (Å²) in [6, 6.07) is 12.4. The summed E-state index contributed by atoms with van der Waals surface area (Å²) in [6.45, 7) is 2.20. The largest absolute Gasteiger partial charge is 0.508 e. The lowest BCUT2D eigenvalue weighted by Crippen LogP contribution is -2.03. The highest BCUT2D eigenvalue weighted by Crippen LogP contribution is 2.10. The molecule has 0 saturated heterocycles. The number of aliphatic hydroxyl groups is 1. The van der Waals surface area contributed by atoms with Gasteiger partial charge < -0.3 is 20.1 Å². The lowest BCUT2D eigenvalue weighted by molar-refractivity contribution is 0.0525. The molecule has 0 amide bonds. The Hall–Kier alpha value is -2.86. The van der Waals surface area contributed by atoms with Gasteiger partial charge in [-0.05, 0) is 55.3 Å². The van der Waals surface area contributed by atoms with Crippen molar-refractivity contribution in [1.82, 2.24) is 0 Å². The molecular formula is C18H20O6. The lowest BCUT2D eigenvalue weighted by Gasteiger charge is -2.00. The smallest absolute Gasteiger partial charge is 0.338 e. The van der Waals surface area contributed by atoms with Crippen LogP contribution in [0.15, 0.2) is 48.5 Å². The van der Waals surface area contributed by atoms with Crippen molar-refractivity contribution in [3.05, 3.63) is 65.2 Å². The summed E-state index contributed by atoms with van der Waals surface area (Å²) in [5.74, 6) is -1.15. The molecular weight excluding hydrogens is 312 g/mol. The summed E-state index contributed by atoms with van der Waals surface area (Å²) in [7, 11) is 0. The highest BCUT2D eigenvalue weighted by Gasteiger charge is 2.04. The number of benzene rings is 2. The van der Waals surface area contributed by atoms with Gasteiger partial charge in [0.1, 0.15) is 5.75 Å². The predicted molar refractivity (Wildman–Crippen MR) is 88.3 cm³/mol. The van der Waals surface area contributed by atoms with E-state index in [-0.39, 0.29) is 23.9 Å². The first-order valence-electron chi connectivity index (χ1n) is 7.37. The fourth-order valence-electron chi connectivity index (χ4n) is 1.76. The fourth-order valence-corrected chi connectivity index (χ4v) is 1.76. The summed E-state index contributed by atoms with van der Waals surface area (Å²) < 4.78 is 4.75. The quantitative estimate of drug-likeness (QED) is 0.727. The topological polar surface area (TPSA) is 104 Å². The molecule has 0 aromatic heterocycles. The number of aromatic hydroxyl groups is 1. The third-order valence-electron chi connectivity index (χ3n) is 2.98. The Balaban J connectivity index is 0.000000240. The summed E-state index contributed by atoms with van der Waals surface area (Å²) in [5.41, 5.74) is 1.67. The molecule has 0 unspecified atom stereocenters. The van der Waals surface area contributed by atoms with Crippen LogP contribution in [0, 0.1) is 0 Å². The van der Waals surface area contributed by atoms with Crippen molar-refractivity contribution in [3.8, 4) is 5.75 Å². The molecule has 24 heavy (non-hydrogen) atoms. The van der Waals surface area contributed by atoms with Crippen LogP contribution in [0.25, 0.3) is 0 Å². The number of phenols is 1. The first-order chi connectivity index (χ1) is 11.5. The number of carboxylic acids is 1. The van der Waals surface area contributed by atoms with Gasteiger partial charge in [0.25, 0.3) is 0 Å². The van der Waals surface area contributed by atoms with Gasteiger partial charge in [-0.2, -0.15) is 0 Å². The molecule has 2 rings (SSSR count). The van der Waals surface area contributed by atoms with Crippen molar-refractivity contribution in [3.63, 3.8) is 0 Å². The fraction of sp³-hybridized carbons (Fsp3) is 0.222. The minimum Gasteiger partial charge on any atom is -0.508 e. The van der Waals surface area contributed by atoms with E-state index in [1.807, 2.05) is 0 Å². The first-order valence-corrected chi connectivity index (χ1v) is 7.37. The zero-order valence-corrected chi connectivity index (χ0v) is 13.3. The maximum absolute atomic E-state index is 11.1. The molecule has 0 spiro atoms. The van der Waals surface area contributed by atoms with Crippen LogP contribution >= 0.6 is 0 Å². The number of carboxylic acid groups (broad SMARTS) is 1. The number of carbonyl (C=O) groups is 2. The van der Waals surface area contributed by atoms with Crippen LogP contribution in [0.4, 0.5) is 0 Å². The van der Waals surface area contributed by atoms with E-state index in [0.29, 0.717) is 18.6 Å². The van der Waals surface area contributed by atoms with E-state index in [0.717, 1.165) is 5.56 Å². The SMILES string of the molecule is CCOC(=O)c1ccc(O)cc1.O=C(O)c1ccc(CCO)cc1. The van der Waals surface area contributed by atoms with Gasteiger partial charge in [0, 0.05) is 6.61 Å². The molecule has 0 fully saturated rings. The number of aliphatic hydroxyl groups excluding tert-OH is 1. The van der Waals surface area contributed by atoms with Crippen molar-refractivity contribution in [1.29, 1.82) is 0 Å². The lowest BCUT2D eigenvalue weighted by atomic mass is 10.1. The summed E-state index contributed by atoms with van der Waals surface area (Å²) in [5, 5.41) is 26.1. The van der Waals surface area contributed by atoms with E-state index >= 15 is 0 Å². The van der Waals surface area contributed by atoms with Crippen molar-refractivity contribution >= 4 is 11.9 Å². The molecule has 0 atom stereocenters. The minimum absolute atomic E-state index is 0.0897. The second-order valence-electron chi connectivity index (χ2n) is 4.74. The molecule has 0 radical (unpaired) electrons. The number of esters is 1. The standard InChI is InChI=1S/2C9H10O3/c10-6-5-7-1-3-8(4-2-7)9(11)12;1-2-12-9(11)7-3-5-8(10)6-4-7/h1-4,10H,5-6H2,(H,11,12);3-6,10H,2H2,1H3. The van der Waals surface area contributed by atoms with E-state index in [2.05, 4.69) is 0 Å². The Morgan fingerprint density at radius 2 is 1.50 bits per heavy atom. The highest BCUT2D eigenvalue weighted by molar-refractivity contribution is 5.89. The van der Waals surface area contributed by atoms with Crippen LogP contribution < -0.4 is 0 Å². The molecule has 6 heteroatoms. The Labute approximate surface area is 140 Å². The maximum Gasteiger partial charge on any atom is 0.338 e. The van der Waals surface area contributed by atoms with E-state index in [1.54, 1.807) is 19.1 Å². The second-order valence-corrected chi connectivity index (χ2v) is 4.74. The monoisotopic (exact) mass is 332 g/mol. The van der Waals surface area contributed by atoms with Crippen LogP contribution in [-0.4, -0.2) is 40.5 Å². The highest BCUT2D eigenvalue weighted by atomic mass is 16.5. The molecule has 2 aromatic carbocycles. The van der Waals surface area contributed by atoms with Gasteiger partial charge in [-0.15, -0.1) is 0 Å². The van der Waals surface area contributed by atoms with Crippen molar-refractivity contribution in [2.75, 3.05) is 13.2 Å².